The molecule has 0 aliphatic rings. The minimum atomic E-state index is 0.245. The first-order chi connectivity index (χ1) is 2.81. The zero-order chi connectivity index (χ0) is 4.99. The Kier molecular flexibility index (Phi) is 2.61. The highest BCUT2D eigenvalue weighted by molar-refractivity contribution is 6.36. The van der Waals surface area contributed by atoms with Gasteiger partial charge in [0.15, 0.2) is 0 Å². The lowest BCUT2D eigenvalue weighted by Crippen LogP contribution is -1.58. The van der Waals surface area contributed by atoms with E-state index in [2.05, 4.69) is 0 Å². The van der Waals surface area contributed by atoms with E-state index in [0.29, 0.717) is 0 Å². The Morgan fingerprint density at radius 2 is 2.50 bits per heavy atom. The van der Waals surface area contributed by atoms with Gasteiger partial charge in [0.1, 0.15) is 18.9 Å². The van der Waals surface area contributed by atoms with E-state index in [0.717, 1.165) is 0 Å². The van der Waals surface area contributed by atoms with Gasteiger partial charge in [-0.3, -0.25) is 0 Å². The van der Waals surface area contributed by atoms with Crippen molar-refractivity contribution in [3.8, 4) is 6.07 Å². The first-order valence-corrected chi connectivity index (χ1v) is 1.91. The van der Waals surface area contributed by atoms with Crippen LogP contribution in [0.5, 0.6) is 0 Å². The quantitative estimate of drug-likeness (QED) is 0.315. The zero-order valence-corrected chi connectivity index (χ0v) is 4.16. The summed E-state index contributed by atoms with van der Waals surface area (Å²) in [7, 11) is 1.71. The van der Waals surface area contributed by atoms with E-state index in [-0.39, 0.29) is 5.03 Å². The highest BCUT2D eigenvalue weighted by atomic mass is 35.5. The van der Waals surface area contributed by atoms with Gasteiger partial charge in [-0.1, -0.05) is 17.6 Å². The van der Waals surface area contributed by atoms with Gasteiger partial charge in [-0.25, -0.2) is 0 Å². The Labute approximate surface area is 42.6 Å². The van der Waals surface area contributed by atoms with Crippen molar-refractivity contribution < 1.29 is 0 Å². The summed E-state index contributed by atoms with van der Waals surface area (Å²) < 4.78 is 0. The number of nitrogens with zero attached hydrogens (tertiary/aromatic N) is 1. The van der Waals surface area contributed by atoms with Gasteiger partial charge in [0.25, 0.3) is 0 Å². The number of halogens is 1. The van der Waals surface area contributed by atoms with Crippen LogP contribution >= 0.6 is 11.6 Å². The Hall–Kier alpha value is -0.415. The molecule has 0 N–H and O–H groups in total. The standard InChI is InChI=1S/C3H3BClN/c4-1-3(5)2-6/h1H,4H2/b3-1-. The van der Waals surface area contributed by atoms with Crippen LogP contribution in [0.15, 0.2) is 11.0 Å². The summed E-state index contributed by atoms with van der Waals surface area (Å²) in [6.07, 6.45) is 0. The van der Waals surface area contributed by atoms with Crippen LogP contribution < -0.4 is 0 Å². The number of hydrogen-bond donors (Lipinski definition) is 0. The van der Waals surface area contributed by atoms with Gasteiger partial charge in [0.05, 0.1) is 0 Å². The molecule has 0 heterocycles. The molecule has 0 unspecified atom stereocenters. The number of allylic oxidation sites excluding steroid dienone is 1. The van der Waals surface area contributed by atoms with E-state index < -0.39 is 0 Å². The van der Waals surface area contributed by atoms with Crippen molar-refractivity contribution in [3.05, 3.63) is 11.0 Å². The summed E-state index contributed by atoms with van der Waals surface area (Å²) in [5.41, 5.74) is 0. The summed E-state index contributed by atoms with van der Waals surface area (Å²) in [5.74, 6) is 1.54. The highest BCUT2D eigenvalue weighted by Gasteiger charge is 1.75. The average molecular weight is 99.3 g/mol. The summed E-state index contributed by atoms with van der Waals surface area (Å²) in [4.78, 5) is 0. The fraction of sp³-hybridized carbons (Fsp3) is 0. The molecule has 0 aromatic heterocycles. The van der Waals surface area contributed by atoms with Gasteiger partial charge in [0, 0.05) is 0 Å². The smallest absolute Gasteiger partial charge is 0.132 e. The molecule has 6 heavy (non-hydrogen) atoms. The molecule has 0 aliphatic carbocycles. The lowest BCUT2D eigenvalue weighted by atomic mass is 10.1. The molecular weight excluding hydrogens is 96.3 g/mol. The fourth-order valence-electron chi connectivity index (χ4n) is 0.0645. The molecule has 1 nitrogen and oxygen atoms in total. The Balaban J connectivity index is 3.61. The molecule has 0 aromatic carbocycles. The third-order valence-corrected chi connectivity index (χ3v) is 0.663. The summed E-state index contributed by atoms with van der Waals surface area (Å²) in [6.45, 7) is 0. The van der Waals surface area contributed by atoms with Gasteiger partial charge in [-0.2, -0.15) is 5.26 Å². The maximum absolute atomic E-state index is 7.88. The van der Waals surface area contributed by atoms with Crippen LogP contribution in [0.2, 0.25) is 0 Å². The Morgan fingerprint density at radius 3 is 2.50 bits per heavy atom. The monoisotopic (exact) mass is 99.0 g/mol. The first-order valence-electron chi connectivity index (χ1n) is 1.53. The van der Waals surface area contributed by atoms with Gasteiger partial charge in [-0.15, -0.1) is 0 Å². The van der Waals surface area contributed by atoms with Crippen LogP contribution in [0.4, 0.5) is 0 Å². The van der Waals surface area contributed by atoms with Gasteiger partial charge >= 0.3 is 0 Å². The molecule has 0 saturated heterocycles. The molecule has 0 fully saturated rings. The predicted octanol–water partition coefficient (Wildman–Crippen LogP) is 0.223. The van der Waals surface area contributed by atoms with Crippen molar-refractivity contribution in [2.45, 2.75) is 0 Å². The van der Waals surface area contributed by atoms with Crippen LogP contribution in [0.1, 0.15) is 0 Å². The van der Waals surface area contributed by atoms with E-state index in [4.69, 9.17) is 16.9 Å². The van der Waals surface area contributed by atoms with Crippen molar-refractivity contribution >= 4 is 19.4 Å². The third kappa shape index (κ3) is 1.86. The molecule has 0 aromatic rings. The fourth-order valence-corrected chi connectivity index (χ4v) is 0.0645. The number of hydrogen-bond acceptors (Lipinski definition) is 1. The number of nitriles is 1. The van der Waals surface area contributed by atoms with E-state index in [9.17, 15) is 0 Å². The number of rotatable bonds is 0. The highest BCUT2D eigenvalue weighted by Crippen LogP contribution is 1.92. The zero-order valence-electron chi connectivity index (χ0n) is 3.40. The molecule has 30 valence electrons. The van der Waals surface area contributed by atoms with Crippen molar-refractivity contribution in [3.63, 3.8) is 0 Å². The molecule has 3 heteroatoms. The van der Waals surface area contributed by atoms with Crippen LogP contribution in [0.3, 0.4) is 0 Å². The molecule has 0 aliphatic heterocycles. The molecule has 0 atom stereocenters. The first kappa shape index (κ1) is 5.58. The molecule has 0 bridgehead atoms. The topological polar surface area (TPSA) is 23.8 Å². The van der Waals surface area contributed by atoms with Gasteiger partial charge in [-0.05, 0) is 0 Å². The third-order valence-electron chi connectivity index (χ3n) is 0.360. The molecule has 0 saturated carbocycles. The summed E-state index contributed by atoms with van der Waals surface area (Å²) in [5, 5.41) is 8.13. The summed E-state index contributed by atoms with van der Waals surface area (Å²) in [6, 6.07) is 1.74. The van der Waals surface area contributed by atoms with Gasteiger partial charge in [0.2, 0.25) is 0 Å². The van der Waals surface area contributed by atoms with Gasteiger partial charge < -0.3 is 0 Å². The summed E-state index contributed by atoms with van der Waals surface area (Å²) >= 11 is 5.15. The largest absolute Gasteiger partial charge is 0.192 e. The van der Waals surface area contributed by atoms with Crippen molar-refractivity contribution in [2.24, 2.45) is 0 Å². The van der Waals surface area contributed by atoms with E-state index >= 15 is 0 Å². The molecule has 0 spiro atoms. The normalized spacial score (nSPS) is 10.3. The second kappa shape index (κ2) is 2.80. The van der Waals surface area contributed by atoms with Crippen LogP contribution in [-0.2, 0) is 0 Å². The maximum atomic E-state index is 7.88. The Morgan fingerprint density at radius 1 is 2.00 bits per heavy atom. The lowest BCUT2D eigenvalue weighted by molar-refractivity contribution is 1.53. The van der Waals surface area contributed by atoms with E-state index in [1.54, 1.807) is 19.9 Å². The second-order valence-electron chi connectivity index (χ2n) is 0.748. The Bertz CT molecular complexity index is 102. The minimum absolute atomic E-state index is 0.245. The average Bonchev–Trinajstić information content (AvgIpc) is 1.65. The van der Waals surface area contributed by atoms with Crippen LogP contribution in [0, 0.1) is 11.3 Å². The lowest BCUT2D eigenvalue weighted by Gasteiger charge is -1.66. The van der Waals surface area contributed by atoms with Crippen LogP contribution in [0.25, 0.3) is 0 Å². The molecule has 0 amide bonds. The van der Waals surface area contributed by atoms with Crippen molar-refractivity contribution in [1.29, 1.82) is 5.26 Å². The van der Waals surface area contributed by atoms with Crippen molar-refractivity contribution in [2.75, 3.05) is 0 Å². The minimum Gasteiger partial charge on any atom is -0.192 e. The SMILES string of the molecule is B/C=C(\Cl)C#N. The van der Waals surface area contributed by atoms with E-state index in [1.165, 1.54) is 0 Å². The maximum Gasteiger partial charge on any atom is 0.132 e. The van der Waals surface area contributed by atoms with Crippen LogP contribution in [-0.4, -0.2) is 7.85 Å². The molecule has 0 radical (unpaired) electrons. The van der Waals surface area contributed by atoms with E-state index in [1.807, 2.05) is 0 Å². The van der Waals surface area contributed by atoms with Crippen molar-refractivity contribution in [1.82, 2.24) is 0 Å². The molecular formula is C3H3BClN. The predicted molar refractivity (Wildman–Crippen MR) is 28.1 cm³/mol. The molecule has 0 rings (SSSR count). The second-order valence-corrected chi connectivity index (χ2v) is 1.16.